The zero-order valence-corrected chi connectivity index (χ0v) is 18.1. The van der Waals surface area contributed by atoms with Crippen LogP contribution in [0.2, 0.25) is 0 Å². The van der Waals surface area contributed by atoms with E-state index in [-0.39, 0.29) is 0 Å². The maximum atomic E-state index is 2.40. The van der Waals surface area contributed by atoms with Gasteiger partial charge in [-0.1, -0.05) is 51.5 Å². The fourth-order valence-corrected chi connectivity index (χ4v) is 2.33. The number of fused-ring (bicyclic) bond motifs is 1. The van der Waals surface area contributed by atoms with Crippen LogP contribution in [0, 0.1) is 6.42 Å². The summed E-state index contributed by atoms with van der Waals surface area (Å²) in [6, 6.07) is 4.73. The van der Waals surface area contributed by atoms with E-state index in [2.05, 4.69) is 97.6 Å². The zero-order valence-electron chi connectivity index (χ0n) is 12.2. The molecule has 0 spiro atoms. The van der Waals surface area contributed by atoms with E-state index in [0.717, 1.165) is 0 Å². The van der Waals surface area contributed by atoms with Gasteiger partial charge in [0.25, 0.3) is 0 Å². The Morgan fingerprint density at radius 3 is 2.05 bits per heavy atom. The maximum absolute atomic E-state index is 2.40. The van der Waals surface area contributed by atoms with Crippen molar-refractivity contribution in [2.24, 2.45) is 0 Å². The van der Waals surface area contributed by atoms with Crippen molar-refractivity contribution in [2.75, 3.05) is 0 Å². The quantitative estimate of drug-likeness (QED) is 0.305. The van der Waals surface area contributed by atoms with Crippen molar-refractivity contribution in [3.8, 4) is 0 Å². The molecule has 103 valence electrons. The van der Waals surface area contributed by atoms with Gasteiger partial charge in [-0.25, -0.2) is 0 Å². The zero-order chi connectivity index (χ0) is 14.6. The van der Waals surface area contributed by atoms with Crippen LogP contribution in [-0.2, 0) is 11.7 Å². The molecule has 19 heavy (non-hydrogen) atoms. The fraction of sp³-hybridized carbons (Fsp3) is 0.438. The van der Waals surface area contributed by atoms with E-state index in [1.165, 1.54) is 27.8 Å². The van der Waals surface area contributed by atoms with E-state index < -0.39 is 0 Å². The molecule has 0 aliphatic heterocycles. The van der Waals surface area contributed by atoms with Crippen LogP contribution >= 0.6 is 38.4 Å². The number of hydrogen-bond acceptors (Lipinski definition) is 0. The number of rotatable bonds is 2. The molecule has 3 heteroatoms. The molecule has 0 heterocycles. The third kappa shape index (κ3) is 5.12. The Balaban J connectivity index is 0.000000550. The topological polar surface area (TPSA) is 0 Å². The monoisotopic (exact) mass is 515 g/mol. The molecule has 1 radical (unpaired) electrons. The number of halogens is 2. The van der Waals surface area contributed by atoms with Crippen molar-refractivity contribution in [1.82, 2.24) is 0 Å². The van der Waals surface area contributed by atoms with E-state index in [4.69, 9.17) is 0 Å². The van der Waals surface area contributed by atoms with Gasteiger partial charge >= 0.3 is 50.0 Å². The summed E-state index contributed by atoms with van der Waals surface area (Å²) >= 11 is 5.24. The Hall–Kier alpha value is 1.13. The van der Waals surface area contributed by atoms with Crippen molar-refractivity contribution >= 4 is 44.5 Å². The first-order valence-electron chi connectivity index (χ1n) is 6.57. The molecule has 0 saturated heterocycles. The molecule has 1 aliphatic carbocycles. The Bertz CT molecular complexity index is 462. The van der Waals surface area contributed by atoms with Gasteiger partial charge < -0.3 is 0 Å². The SMILES string of the molecule is CC1=Cc2c(cc(C(C)C)cc2C(C)C)[CH]1.[I][Ti][I]. The van der Waals surface area contributed by atoms with E-state index in [9.17, 15) is 0 Å². The standard InChI is InChI=1S/C16H21.2HI.Ti/c1-10(2)13-8-14-6-12(5)7-16(14)15(9-13)11(3)4;;;/h6-11H,1-5H3;2*1H;/q;;;+2/p-2. The van der Waals surface area contributed by atoms with Crippen LogP contribution in [-0.4, -0.2) is 0 Å². The molecule has 0 amide bonds. The van der Waals surface area contributed by atoms with Crippen LogP contribution in [0.25, 0.3) is 6.08 Å². The van der Waals surface area contributed by atoms with Crippen LogP contribution in [0.5, 0.6) is 0 Å². The van der Waals surface area contributed by atoms with Crippen LogP contribution in [0.15, 0.2) is 17.7 Å². The van der Waals surface area contributed by atoms with E-state index in [0.29, 0.717) is 23.5 Å². The molecular weight excluding hydrogens is 494 g/mol. The summed E-state index contributed by atoms with van der Waals surface area (Å²) in [5.74, 6) is 1.21. The predicted octanol–water partition coefficient (Wildman–Crippen LogP) is 6.67. The average molecular weight is 515 g/mol. The van der Waals surface area contributed by atoms with Crippen molar-refractivity contribution < 1.29 is 11.7 Å². The van der Waals surface area contributed by atoms with E-state index in [1.807, 2.05) is 0 Å². The normalized spacial score (nSPS) is 13.0. The van der Waals surface area contributed by atoms with Crippen molar-refractivity contribution in [2.45, 2.75) is 46.5 Å². The Morgan fingerprint density at radius 2 is 1.58 bits per heavy atom. The van der Waals surface area contributed by atoms with E-state index in [1.54, 1.807) is 0 Å². The summed E-state index contributed by atoms with van der Waals surface area (Å²) in [7, 11) is 0. The number of benzene rings is 1. The number of hydrogen-bond donors (Lipinski definition) is 0. The van der Waals surface area contributed by atoms with Crippen molar-refractivity contribution in [3.63, 3.8) is 0 Å². The summed E-state index contributed by atoms with van der Waals surface area (Å²) in [5, 5.41) is 0. The third-order valence-electron chi connectivity index (χ3n) is 3.31. The Kier molecular flexibility index (Phi) is 8.18. The number of allylic oxidation sites excluding steroid dienone is 1. The molecule has 0 fully saturated rings. The van der Waals surface area contributed by atoms with Gasteiger partial charge in [0.15, 0.2) is 0 Å². The first-order chi connectivity index (χ1) is 8.90. The van der Waals surface area contributed by atoms with Crippen LogP contribution in [0.3, 0.4) is 0 Å². The molecule has 0 aromatic heterocycles. The molecule has 0 unspecified atom stereocenters. The molecule has 1 aromatic carbocycles. The third-order valence-corrected chi connectivity index (χ3v) is 3.31. The van der Waals surface area contributed by atoms with Gasteiger partial charge in [-0.05, 0) is 41.0 Å². The molecule has 0 bridgehead atoms. The molecule has 1 aliphatic rings. The summed E-state index contributed by atoms with van der Waals surface area (Å²) in [6.45, 7) is 11.3. The summed E-state index contributed by atoms with van der Waals surface area (Å²) in [4.78, 5) is 0. The first-order valence-corrected chi connectivity index (χ1v) is 16.7. The molecule has 0 nitrogen and oxygen atoms in total. The first kappa shape index (κ1) is 18.2. The van der Waals surface area contributed by atoms with Gasteiger partial charge in [0.1, 0.15) is 0 Å². The average Bonchev–Trinajstić information content (AvgIpc) is 2.68. The molecule has 0 saturated carbocycles. The minimum absolute atomic E-state index is 0.440. The molecule has 2 rings (SSSR count). The summed E-state index contributed by atoms with van der Waals surface area (Å²) < 4.78 is 0. The van der Waals surface area contributed by atoms with Gasteiger partial charge in [-0.2, -0.15) is 0 Å². The Labute approximate surface area is 147 Å². The predicted molar refractivity (Wildman–Crippen MR) is 99.7 cm³/mol. The van der Waals surface area contributed by atoms with Crippen molar-refractivity contribution in [3.05, 3.63) is 46.4 Å². The van der Waals surface area contributed by atoms with Gasteiger partial charge in [-0.15, -0.1) is 0 Å². The van der Waals surface area contributed by atoms with Gasteiger partial charge in [0.2, 0.25) is 0 Å². The fourth-order valence-electron chi connectivity index (χ4n) is 2.33. The van der Waals surface area contributed by atoms with Gasteiger partial charge in [-0.3, -0.25) is 0 Å². The second-order valence-electron chi connectivity index (χ2n) is 5.53. The van der Waals surface area contributed by atoms with Crippen LogP contribution in [0.4, 0.5) is 0 Å². The molecule has 0 N–H and O–H groups in total. The van der Waals surface area contributed by atoms with Crippen LogP contribution in [0.1, 0.15) is 68.7 Å². The summed E-state index contributed by atoms with van der Waals surface area (Å²) in [5.41, 5.74) is 7.18. The van der Waals surface area contributed by atoms with Crippen LogP contribution < -0.4 is 0 Å². The minimum atomic E-state index is 0.440. The van der Waals surface area contributed by atoms with Gasteiger partial charge in [0, 0.05) is 6.42 Å². The summed E-state index contributed by atoms with van der Waals surface area (Å²) in [6.07, 6.45) is 4.61. The van der Waals surface area contributed by atoms with E-state index >= 15 is 0 Å². The van der Waals surface area contributed by atoms with Crippen molar-refractivity contribution in [1.29, 1.82) is 0 Å². The van der Waals surface area contributed by atoms with Gasteiger partial charge in [0.05, 0.1) is 0 Å². The Morgan fingerprint density at radius 1 is 1.00 bits per heavy atom. The molecule has 0 atom stereocenters. The second kappa shape index (κ2) is 8.55. The second-order valence-corrected chi connectivity index (χ2v) is 18.7. The molecular formula is C16H21I2Ti. The molecule has 1 aromatic rings.